The molecule has 2 fully saturated rings. The number of carbonyl (C=O) groups is 2. The molecule has 3 aliphatic rings. The summed E-state index contributed by atoms with van der Waals surface area (Å²) in [6.45, 7) is 8.32. The summed E-state index contributed by atoms with van der Waals surface area (Å²) < 4.78 is 24.5. The zero-order chi connectivity index (χ0) is 32.0. The van der Waals surface area contributed by atoms with E-state index in [1.54, 1.807) is 21.2 Å². The highest BCUT2D eigenvalue weighted by Gasteiger charge is 2.38. The van der Waals surface area contributed by atoms with Crippen molar-refractivity contribution in [1.29, 1.82) is 0 Å². The molecule has 1 N–H and O–H groups in total. The molecule has 0 bridgehead atoms. The number of carbonyl (C=O) groups excluding carboxylic acids is 2. The number of nitrogens with zero attached hydrogens (tertiary/aromatic N) is 4. The van der Waals surface area contributed by atoms with E-state index in [1.165, 1.54) is 29.1 Å². The van der Waals surface area contributed by atoms with E-state index in [0.29, 0.717) is 31.0 Å². The third kappa shape index (κ3) is 6.01. The molecular weight excluding hydrogens is 586 g/mol. The number of amides is 2. The second-order valence-corrected chi connectivity index (χ2v) is 14.6. The molecule has 6 rings (SSSR count). The van der Waals surface area contributed by atoms with Gasteiger partial charge in [-0.2, -0.15) is 0 Å². The van der Waals surface area contributed by atoms with Gasteiger partial charge in [-0.15, -0.1) is 9.03 Å². The summed E-state index contributed by atoms with van der Waals surface area (Å²) in [6.07, 6.45) is 6.43. The molecule has 1 aliphatic carbocycles. The number of rotatable bonds is 6. The Kier molecular flexibility index (Phi) is 9.03. The van der Waals surface area contributed by atoms with Crippen LogP contribution in [0.3, 0.4) is 0 Å². The molecule has 2 aromatic carbocycles. The van der Waals surface area contributed by atoms with E-state index >= 15 is 0 Å². The summed E-state index contributed by atoms with van der Waals surface area (Å²) in [5.41, 5.74) is 6.86. The fourth-order valence-electron chi connectivity index (χ4n) is 7.71. The van der Waals surface area contributed by atoms with Crippen LogP contribution >= 0.6 is 0 Å². The van der Waals surface area contributed by atoms with Crippen molar-refractivity contribution in [3.63, 3.8) is 0 Å². The fraction of sp³-hybridized carbons (Fsp3) is 0.486. The van der Waals surface area contributed by atoms with E-state index < -0.39 is 17.5 Å². The van der Waals surface area contributed by atoms with Crippen LogP contribution in [-0.4, -0.2) is 82.4 Å². The maximum absolute atomic E-state index is 14.5. The molecule has 10 heteroatoms. The van der Waals surface area contributed by atoms with Crippen LogP contribution in [0.15, 0.2) is 48.7 Å². The number of likely N-dealkylation sites (N-methyl/N-ethyl adjacent to an activating group) is 1. The molecule has 3 unspecified atom stereocenters. The molecule has 3 aromatic rings. The number of benzene rings is 2. The number of ether oxygens (including phenoxy) is 1. The highest BCUT2D eigenvalue weighted by atomic mass is 32.2. The molecule has 2 aliphatic heterocycles. The first-order chi connectivity index (χ1) is 21.6. The fourth-order valence-corrected chi connectivity index (χ4v) is 8.17. The van der Waals surface area contributed by atoms with Gasteiger partial charge in [0.2, 0.25) is 5.91 Å². The predicted octanol–water partition coefficient (Wildman–Crippen LogP) is 5.08. The van der Waals surface area contributed by atoms with Crippen molar-refractivity contribution in [2.45, 2.75) is 64.0 Å². The Morgan fingerprint density at radius 1 is 1.09 bits per heavy atom. The molecule has 0 spiro atoms. The van der Waals surface area contributed by atoms with Crippen molar-refractivity contribution in [3.8, 4) is 17.0 Å². The summed E-state index contributed by atoms with van der Waals surface area (Å²) in [6, 6.07) is 12.1. The lowest BCUT2D eigenvalue weighted by atomic mass is 9.81. The Morgan fingerprint density at radius 3 is 2.53 bits per heavy atom. The summed E-state index contributed by atoms with van der Waals surface area (Å²) in [4.78, 5) is 31.9. The minimum Gasteiger partial charge on any atom is -0.573 e. The van der Waals surface area contributed by atoms with Gasteiger partial charge in [-0.1, -0.05) is 31.9 Å². The summed E-state index contributed by atoms with van der Waals surface area (Å²) in [5.74, 6) is 0.506. The monoisotopic (exact) mass is 631 g/mol. The van der Waals surface area contributed by atoms with Gasteiger partial charge in [-0.05, 0) is 80.6 Å². The van der Waals surface area contributed by atoms with Gasteiger partial charge >= 0.3 is 0 Å². The lowest BCUT2D eigenvalue weighted by Crippen LogP contribution is -2.53. The quantitative estimate of drug-likeness (QED) is 0.382. The number of nitrogens with one attached hydrogen (secondary N) is 1. The van der Waals surface area contributed by atoms with E-state index in [9.17, 15) is 14.1 Å². The van der Waals surface area contributed by atoms with Crippen molar-refractivity contribution in [1.82, 2.24) is 23.4 Å². The number of methoxy groups -OCH3 is 1. The second kappa shape index (κ2) is 12.8. The maximum Gasteiger partial charge on any atom is 0.293 e. The maximum atomic E-state index is 14.5. The van der Waals surface area contributed by atoms with Crippen molar-refractivity contribution in [3.05, 3.63) is 65.4 Å². The van der Waals surface area contributed by atoms with Gasteiger partial charge in [0.05, 0.1) is 18.7 Å². The van der Waals surface area contributed by atoms with Gasteiger partial charge in [-0.3, -0.25) is 14.5 Å². The zero-order valence-electron chi connectivity index (χ0n) is 27.1. The summed E-state index contributed by atoms with van der Waals surface area (Å²) in [7, 11) is 7.05. The highest BCUT2D eigenvalue weighted by Crippen LogP contribution is 2.47. The van der Waals surface area contributed by atoms with Crippen molar-refractivity contribution < 1.29 is 18.9 Å². The van der Waals surface area contributed by atoms with Crippen LogP contribution in [0.25, 0.3) is 22.2 Å². The molecule has 1 saturated heterocycles. The van der Waals surface area contributed by atoms with Gasteiger partial charge in [0.25, 0.3) is 5.91 Å². The minimum absolute atomic E-state index is 0.0170. The Morgan fingerprint density at radius 2 is 1.84 bits per heavy atom. The third-order valence-corrected chi connectivity index (χ3v) is 10.7. The van der Waals surface area contributed by atoms with Crippen LogP contribution in [0.4, 0.5) is 0 Å². The van der Waals surface area contributed by atoms with E-state index in [4.69, 9.17) is 4.74 Å². The van der Waals surface area contributed by atoms with E-state index in [2.05, 4.69) is 52.9 Å². The Hall–Kier alpha value is -3.31. The van der Waals surface area contributed by atoms with Crippen LogP contribution < -0.4 is 9.46 Å². The number of hydrogen-bond donors (Lipinski definition) is 1. The smallest absolute Gasteiger partial charge is 0.293 e. The molecule has 1 aromatic heterocycles. The highest BCUT2D eigenvalue weighted by molar-refractivity contribution is 7.87. The summed E-state index contributed by atoms with van der Waals surface area (Å²) >= 11 is -1.64. The number of hydrogen-bond acceptors (Lipinski definition) is 6. The lowest BCUT2D eigenvalue weighted by molar-refractivity contribution is -0.137. The van der Waals surface area contributed by atoms with Crippen LogP contribution in [0.2, 0.25) is 0 Å². The largest absolute Gasteiger partial charge is 0.573 e. The van der Waals surface area contributed by atoms with E-state index in [1.807, 2.05) is 23.1 Å². The molecule has 45 heavy (non-hydrogen) atoms. The summed E-state index contributed by atoms with van der Waals surface area (Å²) in [5, 5.41) is 1.12. The van der Waals surface area contributed by atoms with Crippen LogP contribution in [0.5, 0.6) is 5.75 Å². The number of aromatic nitrogens is 1. The van der Waals surface area contributed by atoms with Crippen LogP contribution in [-0.2, 0) is 29.3 Å². The van der Waals surface area contributed by atoms with Crippen molar-refractivity contribution in [2.75, 3.05) is 41.3 Å². The minimum atomic E-state index is -1.64. The van der Waals surface area contributed by atoms with Gasteiger partial charge < -0.3 is 18.8 Å². The normalized spacial score (nSPS) is 21.8. The molecule has 9 nitrogen and oxygen atoms in total. The van der Waals surface area contributed by atoms with Crippen molar-refractivity contribution >= 4 is 34.3 Å². The lowest BCUT2D eigenvalue weighted by Gasteiger charge is -2.41. The van der Waals surface area contributed by atoms with Crippen LogP contribution in [0, 0.1) is 5.92 Å². The number of piperazine rings is 1. The molecule has 3 atom stereocenters. The average molecular weight is 632 g/mol. The average Bonchev–Trinajstić information content (AvgIpc) is 3.22. The SMILES string of the molecule is C=C1CN(C)CC(C)N1C(=O)C1Cc2cc(OC)ccc2-c2c(C3CCCCC3)c3ccc(C(=O)N[S+]([O-])N(C)C)cc3n2C1. The molecule has 3 heterocycles. The molecule has 1 saturated carbocycles. The third-order valence-electron chi connectivity index (χ3n) is 9.72. The molecule has 2 amide bonds. The molecule has 0 radical (unpaired) electrons. The van der Waals surface area contributed by atoms with Crippen molar-refractivity contribution in [2.24, 2.45) is 5.92 Å². The topological polar surface area (TPSA) is 93.1 Å². The first kappa shape index (κ1) is 31.7. The molecule has 240 valence electrons. The zero-order valence-corrected chi connectivity index (χ0v) is 27.9. The Bertz CT molecular complexity index is 1630. The second-order valence-electron chi connectivity index (χ2n) is 13.2. The van der Waals surface area contributed by atoms with E-state index in [-0.39, 0.29) is 17.9 Å². The standard InChI is InChI=1S/C35H45N5O4S/c1-22-19-38(5)20-23(2)40(22)35(42)27-16-26-17-28(44-6)13-15-29(26)33-32(24-10-8-7-9-11-24)30-14-12-25(18-31(30)39(33)21-27)34(41)36-45(43)37(3)4/h12-15,17-18,23-24,27H,1,7-11,16,19-21H2,2-6H3,(H,36,41). The van der Waals surface area contributed by atoms with Gasteiger partial charge in [0.1, 0.15) is 5.75 Å². The van der Waals surface area contributed by atoms with Crippen LogP contribution in [0.1, 0.15) is 66.4 Å². The predicted molar refractivity (Wildman–Crippen MR) is 179 cm³/mol. The molecular formula is C35H45N5O4S. The number of fused-ring (bicyclic) bond motifs is 5. The Balaban J connectivity index is 1.54. The van der Waals surface area contributed by atoms with Gasteiger partial charge in [0.15, 0.2) is 11.5 Å². The van der Waals surface area contributed by atoms with Gasteiger partial charge in [0, 0.05) is 67.5 Å². The Labute approximate surface area is 269 Å². The van der Waals surface area contributed by atoms with E-state index in [0.717, 1.165) is 58.6 Å². The first-order valence-electron chi connectivity index (χ1n) is 16.0. The van der Waals surface area contributed by atoms with Gasteiger partial charge in [-0.25, -0.2) is 0 Å². The first-order valence-corrected chi connectivity index (χ1v) is 17.1.